The summed E-state index contributed by atoms with van der Waals surface area (Å²) >= 11 is 5.95. The highest BCUT2D eigenvalue weighted by Crippen LogP contribution is 2.24. The molecule has 0 heterocycles. The summed E-state index contributed by atoms with van der Waals surface area (Å²) in [5.41, 5.74) is 6.86. The minimum atomic E-state index is -3.57. The van der Waals surface area contributed by atoms with Crippen LogP contribution in [0.5, 0.6) is 0 Å². The molecule has 0 saturated heterocycles. The Balaban J connectivity index is 3.18. The normalized spacial score (nSPS) is 12.7. The highest BCUT2D eigenvalue weighted by Gasteiger charge is 2.21. The molecular weight excluding hydrogens is 284 g/mol. The zero-order valence-corrected chi connectivity index (χ0v) is 13.3. The number of sulfonamides is 1. The fourth-order valence-electron chi connectivity index (χ4n) is 1.59. The molecule has 0 amide bonds. The quantitative estimate of drug-likeness (QED) is 0.897. The fraction of sp³-hybridized carbons (Fsp3) is 0.538. The zero-order valence-electron chi connectivity index (χ0n) is 11.7. The molecule has 0 radical (unpaired) electrons. The highest BCUT2D eigenvalue weighted by atomic mass is 35.5. The lowest BCUT2D eigenvalue weighted by molar-refractivity contribution is 0.407. The van der Waals surface area contributed by atoms with E-state index >= 15 is 0 Å². The summed E-state index contributed by atoms with van der Waals surface area (Å²) in [6.45, 7) is 8.25. The molecule has 0 spiro atoms. The van der Waals surface area contributed by atoms with Crippen LogP contribution in [-0.4, -0.2) is 15.0 Å². The topological polar surface area (TPSA) is 72.2 Å². The average molecular weight is 305 g/mol. The lowest BCUT2D eigenvalue weighted by Crippen LogP contribution is -2.32. The van der Waals surface area contributed by atoms with Gasteiger partial charge in [-0.1, -0.05) is 32.4 Å². The van der Waals surface area contributed by atoms with Crippen molar-refractivity contribution in [2.75, 3.05) is 6.54 Å². The lowest BCUT2D eigenvalue weighted by Gasteiger charge is -2.20. The van der Waals surface area contributed by atoms with Gasteiger partial charge in [0.1, 0.15) is 0 Å². The molecule has 0 saturated carbocycles. The van der Waals surface area contributed by atoms with Crippen molar-refractivity contribution in [1.82, 2.24) is 4.72 Å². The minimum absolute atomic E-state index is 0.129. The van der Waals surface area contributed by atoms with Crippen molar-refractivity contribution in [1.29, 1.82) is 0 Å². The maximum absolute atomic E-state index is 12.3. The molecule has 1 rings (SSSR count). The molecule has 0 aromatic heterocycles. The highest BCUT2D eigenvalue weighted by molar-refractivity contribution is 7.89. The van der Waals surface area contributed by atoms with Gasteiger partial charge in [0, 0.05) is 18.1 Å². The van der Waals surface area contributed by atoms with Gasteiger partial charge in [-0.2, -0.15) is 0 Å². The molecular formula is C13H21ClN2O2S. The van der Waals surface area contributed by atoms with Gasteiger partial charge in [0.25, 0.3) is 0 Å². The second-order valence-electron chi connectivity index (χ2n) is 5.78. The Morgan fingerprint density at radius 3 is 2.37 bits per heavy atom. The zero-order chi connectivity index (χ0) is 14.8. The van der Waals surface area contributed by atoms with E-state index in [-0.39, 0.29) is 16.9 Å². The van der Waals surface area contributed by atoms with Crippen molar-refractivity contribution in [2.45, 2.75) is 39.1 Å². The number of hydrogen-bond acceptors (Lipinski definition) is 3. The maximum atomic E-state index is 12.3. The van der Waals surface area contributed by atoms with Crippen LogP contribution < -0.4 is 10.5 Å². The summed E-state index contributed by atoms with van der Waals surface area (Å²) in [7, 11) is -3.57. The molecule has 0 unspecified atom stereocenters. The number of hydrogen-bond donors (Lipinski definition) is 2. The van der Waals surface area contributed by atoms with Crippen LogP contribution >= 0.6 is 11.6 Å². The number of nitrogens with two attached hydrogens (primary N) is 1. The Morgan fingerprint density at radius 1 is 1.32 bits per heavy atom. The van der Waals surface area contributed by atoms with Gasteiger partial charge in [0.2, 0.25) is 10.0 Å². The first-order chi connectivity index (χ1) is 8.57. The van der Waals surface area contributed by atoms with Gasteiger partial charge in [-0.25, -0.2) is 13.1 Å². The predicted octanol–water partition coefficient (Wildman–Crippen LogP) is 2.43. The van der Waals surface area contributed by atoms with Gasteiger partial charge in [-0.3, -0.25) is 0 Å². The van der Waals surface area contributed by atoms with Crippen molar-refractivity contribution in [3.8, 4) is 0 Å². The smallest absolute Gasteiger partial charge is 0.240 e. The Kier molecular flexibility index (Phi) is 5.01. The summed E-state index contributed by atoms with van der Waals surface area (Å²) < 4.78 is 27.2. The van der Waals surface area contributed by atoms with Crippen LogP contribution in [0.15, 0.2) is 17.0 Å². The van der Waals surface area contributed by atoms with Crippen LogP contribution in [0.3, 0.4) is 0 Å². The summed E-state index contributed by atoms with van der Waals surface area (Å²) in [4.78, 5) is 0.199. The van der Waals surface area contributed by atoms with E-state index in [2.05, 4.69) is 4.72 Å². The van der Waals surface area contributed by atoms with Gasteiger partial charge >= 0.3 is 0 Å². The predicted molar refractivity (Wildman–Crippen MR) is 78.7 cm³/mol. The second-order valence-corrected chi connectivity index (χ2v) is 7.95. The monoisotopic (exact) mass is 304 g/mol. The largest absolute Gasteiger partial charge is 0.326 e. The molecule has 0 aliphatic carbocycles. The Bertz CT molecular complexity index is 563. The van der Waals surface area contributed by atoms with E-state index < -0.39 is 10.0 Å². The molecule has 0 fully saturated rings. The standard InChI is InChI=1S/C13H21ClN2O2S/c1-9-10(7-15)5-11(14)6-12(9)19(17,18)16-8-13(2,3)4/h5-6,16H,7-8,15H2,1-4H3. The summed E-state index contributed by atoms with van der Waals surface area (Å²) in [6.07, 6.45) is 0. The maximum Gasteiger partial charge on any atom is 0.240 e. The van der Waals surface area contributed by atoms with Gasteiger partial charge in [0.15, 0.2) is 0 Å². The van der Waals surface area contributed by atoms with Gasteiger partial charge in [-0.15, -0.1) is 0 Å². The van der Waals surface area contributed by atoms with Crippen LogP contribution in [-0.2, 0) is 16.6 Å². The van der Waals surface area contributed by atoms with Crippen LogP contribution in [0.2, 0.25) is 5.02 Å². The second kappa shape index (κ2) is 5.79. The molecule has 0 aliphatic rings. The Labute approximate surface area is 120 Å². The SMILES string of the molecule is Cc1c(CN)cc(Cl)cc1S(=O)(=O)NCC(C)(C)C. The minimum Gasteiger partial charge on any atom is -0.326 e. The summed E-state index contributed by atoms with van der Waals surface area (Å²) in [5.74, 6) is 0. The van der Waals surface area contributed by atoms with Crippen LogP contribution in [0.1, 0.15) is 31.9 Å². The van der Waals surface area contributed by atoms with E-state index in [1.54, 1.807) is 13.0 Å². The van der Waals surface area contributed by atoms with Crippen molar-refractivity contribution >= 4 is 21.6 Å². The molecule has 1 aromatic rings. The molecule has 108 valence electrons. The van der Waals surface area contributed by atoms with Gasteiger partial charge < -0.3 is 5.73 Å². The van der Waals surface area contributed by atoms with Crippen molar-refractivity contribution in [3.63, 3.8) is 0 Å². The number of rotatable bonds is 4. The average Bonchev–Trinajstić information content (AvgIpc) is 2.28. The molecule has 0 bridgehead atoms. The van der Waals surface area contributed by atoms with Crippen molar-refractivity contribution in [3.05, 3.63) is 28.3 Å². The number of halogens is 1. The summed E-state index contributed by atoms with van der Waals surface area (Å²) in [5, 5.41) is 0.377. The van der Waals surface area contributed by atoms with Crippen molar-refractivity contribution in [2.24, 2.45) is 11.1 Å². The van der Waals surface area contributed by atoms with Crippen LogP contribution in [0.4, 0.5) is 0 Å². The number of nitrogens with one attached hydrogen (secondary N) is 1. The molecule has 0 aliphatic heterocycles. The summed E-state index contributed by atoms with van der Waals surface area (Å²) in [6, 6.07) is 3.15. The lowest BCUT2D eigenvalue weighted by atomic mass is 9.98. The Morgan fingerprint density at radius 2 is 1.89 bits per heavy atom. The Hall–Kier alpha value is -0.620. The van der Waals surface area contributed by atoms with E-state index in [9.17, 15) is 8.42 Å². The molecule has 19 heavy (non-hydrogen) atoms. The van der Waals surface area contributed by atoms with Crippen LogP contribution in [0, 0.1) is 12.3 Å². The van der Waals surface area contributed by atoms with Gasteiger partial charge in [0.05, 0.1) is 4.90 Å². The van der Waals surface area contributed by atoms with E-state index in [0.29, 0.717) is 17.1 Å². The van der Waals surface area contributed by atoms with Crippen molar-refractivity contribution < 1.29 is 8.42 Å². The van der Waals surface area contributed by atoms with Crippen LogP contribution in [0.25, 0.3) is 0 Å². The first-order valence-corrected chi connectivity index (χ1v) is 7.92. The third-order valence-corrected chi connectivity index (χ3v) is 4.48. The first kappa shape index (κ1) is 16.4. The number of benzene rings is 1. The molecule has 1 aromatic carbocycles. The molecule has 4 nitrogen and oxygen atoms in total. The molecule has 0 atom stereocenters. The fourth-order valence-corrected chi connectivity index (χ4v) is 3.49. The van der Waals surface area contributed by atoms with Gasteiger partial charge in [-0.05, 0) is 35.6 Å². The third-order valence-electron chi connectivity index (χ3n) is 2.73. The van der Waals surface area contributed by atoms with E-state index in [1.807, 2.05) is 20.8 Å². The van der Waals surface area contributed by atoms with E-state index in [1.165, 1.54) is 6.07 Å². The third kappa shape index (κ3) is 4.45. The molecule has 3 N–H and O–H groups in total. The molecule has 6 heteroatoms. The van der Waals surface area contributed by atoms with E-state index in [4.69, 9.17) is 17.3 Å². The first-order valence-electron chi connectivity index (χ1n) is 6.05. The van der Waals surface area contributed by atoms with E-state index in [0.717, 1.165) is 5.56 Å².